The summed E-state index contributed by atoms with van der Waals surface area (Å²) in [5.74, 6) is 0.397. The van der Waals surface area contributed by atoms with E-state index >= 15 is 0 Å². The molecule has 0 radical (unpaired) electrons. The minimum absolute atomic E-state index is 0.397. The molecule has 198 valence electrons. The Bertz CT molecular complexity index is 1440. The molecule has 2 aliphatic rings. The standard InChI is InChI=1S/C28H30Cl3N7/c1-36-10-12-37(13-11-36)18-6-8-38(9-7-18)26-15-21(29)25(14-22(26)30)34-28-33-17-23(31)27(35-28)20-16-32-24-5-3-2-4-19(20)24/h2-5,14-18,32H,6-13H2,1H3,(H,33,34,35). The molecule has 4 heterocycles. The van der Waals surface area contributed by atoms with Crippen LogP contribution < -0.4 is 10.2 Å². The Morgan fingerprint density at radius 2 is 1.68 bits per heavy atom. The van der Waals surface area contributed by atoms with E-state index in [1.54, 1.807) is 6.20 Å². The van der Waals surface area contributed by atoms with Crippen LogP contribution in [0.4, 0.5) is 17.3 Å². The van der Waals surface area contributed by atoms with Gasteiger partial charge < -0.3 is 20.1 Å². The quantitative estimate of drug-likeness (QED) is 0.284. The highest BCUT2D eigenvalue weighted by Crippen LogP contribution is 2.38. The van der Waals surface area contributed by atoms with Gasteiger partial charge in [0.15, 0.2) is 0 Å². The minimum atomic E-state index is 0.397. The molecule has 2 aromatic carbocycles. The van der Waals surface area contributed by atoms with Gasteiger partial charge in [0.2, 0.25) is 5.95 Å². The molecule has 6 rings (SSSR count). The number of nitrogens with zero attached hydrogens (tertiary/aromatic N) is 5. The van der Waals surface area contributed by atoms with E-state index in [2.05, 4.69) is 37.0 Å². The highest BCUT2D eigenvalue weighted by molar-refractivity contribution is 6.37. The molecule has 0 spiro atoms. The molecule has 2 aliphatic heterocycles. The van der Waals surface area contributed by atoms with E-state index in [4.69, 9.17) is 39.8 Å². The van der Waals surface area contributed by atoms with Gasteiger partial charge in [0.05, 0.1) is 38.3 Å². The zero-order chi connectivity index (χ0) is 26.2. The van der Waals surface area contributed by atoms with E-state index in [0.29, 0.717) is 38.4 Å². The Morgan fingerprint density at radius 1 is 0.921 bits per heavy atom. The second kappa shape index (κ2) is 10.9. The number of para-hydroxylation sites is 1. The Hall–Kier alpha value is -2.55. The zero-order valence-electron chi connectivity index (χ0n) is 21.2. The summed E-state index contributed by atoms with van der Waals surface area (Å²) in [5, 5.41) is 5.97. The normalized spacial score (nSPS) is 17.8. The van der Waals surface area contributed by atoms with Crippen molar-refractivity contribution in [1.82, 2.24) is 24.8 Å². The van der Waals surface area contributed by atoms with Crippen molar-refractivity contribution in [3.05, 3.63) is 63.9 Å². The smallest absolute Gasteiger partial charge is 0.227 e. The summed E-state index contributed by atoms with van der Waals surface area (Å²) in [6, 6.07) is 12.5. The lowest BCUT2D eigenvalue weighted by Gasteiger charge is -2.42. The average molecular weight is 571 g/mol. The highest BCUT2D eigenvalue weighted by atomic mass is 35.5. The predicted molar refractivity (Wildman–Crippen MR) is 158 cm³/mol. The molecule has 0 bridgehead atoms. The second-order valence-corrected chi connectivity index (χ2v) is 11.3. The van der Waals surface area contributed by atoms with Gasteiger partial charge in [0.1, 0.15) is 0 Å². The fourth-order valence-electron chi connectivity index (χ4n) is 5.54. The number of hydrogen-bond acceptors (Lipinski definition) is 6. The first-order valence-electron chi connectivity index (χ1n) is 13.0. The number of fused-ring (bicyclic) bond motifs is 1. The molecule has 4 aromatic rings. The van der Waals surface area contributed by atoms with E-state index < -0.39 is 0 Å². The van der Waals surface area contributed by atoms with Gasteiger partial charge >= 0.3 is 0 Å². The van der Waals surface area contributed by atoms with Gasteiger partial charge in [-0.1, -0.05) is 53.0 Å². The van der Waals surface area contributed by atoms with Crippen LogP contribution in [0.3, 0.4) is 0 Å². The van der Waals surface area contributed by atoms with Crippen LogP contribution in [0.25, 0.3) is 22.2 Å². The SMILES string of the molecule is CN1CCN(C2CCN(c3cc(Cl)c(Nc4ncc(Cl)c(-c5c[nH]c6ccccc56)n4)cc3Cl)CC2)CC1. The second-order valence-electron chi connectivity index (χ2n) is 10.1. The van der Waals surface area contributed by atoms with Gasteiger partial charge in [0, 0.05) is 68.0 Å². The number of H-pyrrole nitrogens is 1. The summed E-state index contributed by atoms with van der Waals surface area (Å²) in [5.41, 5.74) is 4.19. The maximum Gasteiger partial charge on any atom is 0.227 e. The highest BCUT2D eigenvalue weighted by Gasteiger charge is 2.28. The van der Waals surface area contributed by atoms with Crippen LogP contribution in [0.15, 0.2) is 48.8 Å². The summed E-state index contributed by atoms with van der Waals surface area (Å²) in [7, 11) is 2.20. The number of piperazine rings is 1. The maximum atomic E-state index is 6.78. The van der Waals surface area contributed by atoms with Crippen molar-refractivity contribution < 1.29 is 0 Å². The third-order valence-electron chi connectivity index (χ3n) is 7.73. The number of hydrogen-bond donors (Lipinski definition) is 2. The van der Waals surface area contributed by atoms with E-state index in [1.165, 1.54) is 0 Å². The summed E-state index contributed by atoms with van der Waals surface area (Å²) >= 11 is 20.0. The molecule has 2 aromatic heterocycles. The summed E-state index contributed by atoms with van der Waals surface area (Å²) in [6.07, 6.45) is 5.77. The number of aromatic amines is 1. The molecule has 10 heteroatoms. The Kier molecular flexibility index (Phi) is 7.38. The lowest BCUT2D eigenvalue weighted by atomic mass is 10.0. The van der Waals surface area contributed by atoms with Crippen molar-refractivity contribution in [1.29, 1.82) is 0 Å². The van der Waals surface area contributed by atoms with Gasteiger partial charge in [-0.05, 0) is 38.1 Å². The van der Waals surface area contributed by atoms with Crippen LogP contribution in [0.5, 0.6) is 0 Å². The Balaban J connectivity index is 1.17. The van der Waals surface area contributed by atoms with Crippen molar-refractivity contribution >= 4 is 63.0 Å². The molecule has 0 unspecified atom stereocenters. The third kappa shape index (κ3) is 5.18. The number of halogens is 3. The summed E-state index contributed by atoms with van der Waals surface area (Å²) < 4.78 is 0. The molecule has 2 N–H and O–H groups in total. The third-order valence-corrected chi connectivity index (χ3v) is 8.62. The number of anilines is 3. The van der Waals surface area contributed by atoms with Crippen molar-refractivity contribution in [2.45, 2.75) is 18.9 Å². The number of benzene rings is 2. The van der Waals surface area contributed by atoms with Crippen LogP contribution in [0.1, 0.15) is 12.8 Å². The lowest BCUT2D eigenvalue weighted by Crippen LogP contribution is -2.52. The fraction of sp³-hybridized carbons (Fsp3) is 0.357. The van der Waals surface area contributed by atoms with Crippen LogP contribution in [-0.2, 0) is 0 Å². The average Bonchev–Trinajstić information content (AvgIpc) is 3.36. The largest absolute Gasteiger partial charge is 0.370 e. The van der Waals surface area contributed by atoms with E-state index in [-0.39, 0.29) is 0 Å². The van der Waals surface area contributed by atoms with Crippen molar-refractivity contribution in [3.8, 4) is 11.3 Å². The minimum Gasteiger partial charge on any atom is -0.370 e. The van der Waals surface area contributed by atoms with Crippen LogP contribution in [0.2, 0.25) is 15.1 Å². The first-order valence-corrected chi connectivity index (χ1v) is 14.1. The van der Waals surface area contributed by atoms with E-state index in [9.17, 15) is 0 Å². The number of nitrogens with one attached hydrogen (secondary N) is 2. The zero-order valence-corrected chi connectivity index (χ0v) is 23.5. The molecule has 0 atom stereocenters. The summed E-state index contributed by atoms with van der Waals surface area (Å²) in [6.45, 7) is 6.54. The van der Waals surface area contributed by atoms with Crippen molar-refractivity contribution in [2.24, 2.45) is 0 Å². The molecule has 0 amide bonds. The molecule has 0 aliphatic carbocycles. The van der Waals surface area contributed by atoms with Gasteiger partial charge in [-0.25, -0.2) is 9.97 Å². The van der Waals surface area contributed by atoms with E-state index in [0.717, 1.165) is 74.3 Å². The Morgan fingerprint density at radius 3 is 2.47 bits per heavy atom. The van der Waals surface area contributed by atoms with Crippen LogP contribution in [-0.4, -0.2) is 77.1 Å². The molecular weight excluding hydrogens is 541 g/mol. The molecule has 2 saturated heterocycles. The molecular formula is C28H30Cl3N7. The molecule has 38 heavy (non-hydrogen) atoms. The maximum absolute atomic E-state index is 6.78. The first-order chi connectivity index (χ1) is 18.5. The van der Waals surface area contributed by atoms with Gasteiger partial charge in [-0.15, -0.1) is 0 Å². The van der Waals surface area contributed by atoms with Gasteiger partial charge in [0.25, 0.3) is 0 Å². The number of likely N-dealkylation sites (N-methyl/N-ethyl adjacent to an activating group) is 1. The topological polar surface area (TPSA) is 63.3 Å². The number of aromatic nitrogens is 3. The van der Waals surface area contributed by atoms with Gasteiger partial charge in [-0.3, -0.25) is 4.90 Å². The lowest BCUT2D eigenvalue weighted by molar-refractivity contribution is 0.0982. The fourth-order valence-corrected chi connectivity index (χ4v) is 6.22. The van der Waals surface area contributed by atoms with Gasteiger partial charge in [-0.2, -0.15) is 0 Å². The monoisotopic (exact) mass is 569 g/mol. The number of rotatable bonds is 5. The first kappa shape index (κ1) is 25.7. The van der Waals surface area contributed by atoms with Crippen molar-refractivity contribution in [3.63, 3.8) is 0 Å². The molecule has 2 fully saturated rings. The number of piperidine rings is 1. The molecule has 0 saturated carbocycles. The van der Waals surface area contributed by atoms with E-state index in [1.807, 2.05) is 42.6 Å². The van der Waals surface area contributed by atoms with Crippen LogP contribution >= 0.6 is 34.8 Å². The molecule has 7 nitrogen and oxygen atoms in total. The Labute approximate surface area is 237 Å². The van der Waals surface area contributed by atoms with Crippen LogP contribution in [0, 0.1) is 0 Å². The predicted octanol–water partition coefficient (Wildman–Crippen LogP) is 6.54. The summed E-state index contributed by atoms with van der Waals surface area (Å²) in [4.78, 5) is 19.8. The van der Waals surface area contributed by atoms with Crippen molar-refractivity contribution in [2.75, 3.05) is 56.5 Å².